The highest BCUT2D eigenvalue weighted by molar-refractivity contribution is 6.27. The van der Waals surface area contributed by atoms with Crippen molar-refractivity contribution in [2.75, 3.05) is 0 Å². The van der Waals surface area contributed by atoms with Crippen molar-refractivity contribution in [2.45, 2.75) is 0 Å². The maximum Gasteiger partial charge on any atom is 0.164 e. The number of furan rings is 2. The molecule has 12 nitrogen and oxygen atoms in total. The highest BCUT2D eigenvalue weighted by atomic mass is 16.3. The van der Waals surface area contributed by atoms with Gasteiger partial charge in [-0.2, -0.15) is 0 Å². The molecule has 0 fully saturated rings. The molecule has 8 heterocycles. The van der Waals surface area contributed by atoms with E-state index in [1.165, 1.54) is 53.9 Å². The van der Waals surface area contributed by atoms with E-state index < -0.39 is 0 Å². The molecule has 31 rings (SSSR count). The van der Waals surface area contributed by atoms with Crippen molar-refractivity contribution in [1.82, 2.24) is 48.2 Å². The second-order valence-electron chi connectivity index (χ2n) is 37.4. The first-order valence-corrected chi connectivity index (χ1v) is 48.8. The Bertz CT molecular complexity index is 10800. The van der Waals surface area contributed by atoms with Gasteiger partial charge in [0.25, 0.3) is 0 Å². The third-order valence-corrected chi connectivity index (χ3v) is 29.4. The van der Waals surface area contributed by atoms with Crippen molar-refractivity contribution >= 4 is 196 Å². The number of rotatable bonds is 11. The van der Waals surface area contributed by atoms with Gasteiger partial charge in [0.2, 0.25) is 0 Å². The van der Waals surface area contributed by atoms with Gasteiger partial charge in [-0.05, 0) is 198 Å². The van der Waals surface area contributed by atoms with Gasteiger partial charge < -0.3 is 27.1 Å². The van der Waals surface area contributed by atoms with Crippen LogP contribution in [0, 0.1) is 0 Å². The van der Waals surface area contributed by atoms with Crippen molar-refractivity contribution in [3.63, 3.8) is 0 Å². The predicted octanol–water partition coefficient (Wildman–Crippen LogP) is 34.5. The van der Waals surface area contributed by atoms with Crippen LogP contribution in [0.3, 0.4) is 0 Å². The molecule has 23 aromatic carbocycles. The molecular formula is C132H78N10O2. The van der Waals surface area contributed by atoms with Gasteiger partial charge >= 0.3 is 0 Å². The summed E-state index contributed by atoms with van der Waals surface area (Å²) in [7, 11) is 0. The molecule has 0 aliphatic rings. The van der Waals surface area contributed by atoms with Gasteiger partial charge in [-0.3, -0.25) is 0 Å². The summed E-state index contributed by atoms with van der Waals surface area (Å²) in [6.07, 6.45) is 0. The van der Waals surface area contributed by atoms with E-state index in [9.17, 15) is 0 Å². The first kappa shape index (κ1) is 80.5. The molecule has 12 heteroatoms. The highest BCUT2D eigenvalue weighted by Crippen LogP contribution is 2.51. The summed E-state index contributed by atoms with van der Waals surface area (Å²) in [5.41, 5.74) is 23.6. The lowest BCUT2D eigenvalue weighted by Crippen LogP contribution is -2.02. The average Bonchev–Trinajstić information content (AvgIpc) is 1.55. The molecule has 0 radical (unpaired) electrons. The lowest BCUT2D eigenvalue weighted by Gasteiger charge is -2.14. The number of nitrogens with zero attached hydrogens (tertiary/aromatic N) is 10. The van der Waals surface area contributed by atoms with Crippen LogP contribution in [0.1, 0.15) is 0 Å². The lowest BCUT2D eigenvalue weighted by molar-refractivity contribution is 0.667. The summed E-state index contributed by atoms with van der Waals surface area (Å²) >= 11 is 0. The highest BCUT2D eigenvalue weighted by Gasteiger charge is 2.31. The summed E-state index contributed by atoms with van der Waals surface area (Å²) < 4.78 is 24.1. The average molecular weight is 1840 g/mol. The van der Waals surface area contributed by atoms with E-state index in [1.54, 1.807) is 0 Å². The van der Waals surface area contributed by atoms with Crippen molar-refractivity contribution in [2.24, 2.45) is 0 Å². The van der Waals surface area contributed by atoms with E-state index in [-0.39, 0.29) is 0 Å². The molecule has 668 valence electrons. The number of aromatic nitrogens is 10. The Morgan fingerprint density at radius 1 is 0.153 bits per heavy atom. The van der Waals surface area contributed by atoms with Crippen LogP contribution in [-0.2, 0) is 0 Å². The zero-order chi connectivity index (χ0) is 94.3. The normalized spacial score (nSPS) is 12.0. The first-order chi connectivity index (χ1) is 71.4. The Kier molecular flexibility index (Phi) is 17.9. The molecule has 0 aliphatic carbocycles. The van der Waals surface area contributed by atoms with Crippen LogP contribution in [0.25, 0.3) is 298 Å². The molecule has 0 saturated carbocycles. The number of para-hydroxylation sites is 5. The number of hydrogen-bond donors (Lipinski definition) is 0. The molecule has 0 N–H and O–H groups in total. The van der Waals surface area contributed by atoms with Crippen LogP contribution in [0.15, 0.2) is 482 Å². The number of benzene rings is 23. The summed E-state index contributed by atoms with van der Waals surface area (Å²) in [6, 6.07) is 168. The molecule has 0 amide bonds. The van der Waals surface area contributed by atoms with Gasteiger partial charge in [0.05, 0.1) is 55.5 Å². The summed E-state index contributed by atoms with van der Waals surface area (Å²) in [5, 5.41) is 26.8. The monoisotopic (exact) mass is 1830 g/mol. The zero-order valence-electron chi connectivity index (χ0n) is 77.3. The molecule has 0 unspecified atom stereocenters. The lowest BCUT2D eigenvalue weighted by atomic mass is 10.0. The largest absolute Gasteiger partial charge is 0.454 e. The quantitative estimate of drug-likeness (QED) is 0.125. The van der Waals surface area contributed by atoms with Gasteiger partial charge in [-0.1, -0.05) is 346 Å². The second-order valence-corrected chi connectivity index (χ2v) is 37.4. The smallest absolute Gasteiger partial charge is 0.164 e. The third-order valence-electron chi connectivity index (χ3n) is 29.4. The Morgan fingerprint density at radius 2 is 0.507 bits per heavy atom. The van der Waals surface area contributed by atoms with E-state index in [0.29, 0.717) is 34.9 Å². The first-order valence-electron chi connectivity index (χ1n) is 48.8. The van der Waals surface area contributed by atoms with Gasteiger partial charge in [-0.15, -0.1) is 0 Å². The molecule has 0 atom stereocenters. The minimum Gasteiger partial charge on any atom is -0.454 e. The minimum absolute atomic E-state index is 0.557. The van der Waals surface area contributed by atoms with E-state index in [4.69, 9.17) is 38.7 Å². The number of hydrogen-bond acceptors (Lipinski definition) is 8. The van der Waals surface area contributed by atoms with E-state index in [1.807, 2.05) is 6.07 Å². The molecule has 0 spiro atoms. The Balaban J connectivity index is 0.000000134. The van der Waals surface area contributed by atoms with Crippen LogP contribution in [-0.4, -0.2) is 48.2 Å². The zero-order valence-corrected chi connectivity index (χ0v) is 77.3. The Labute approximate surface area is 822 Å². The summed E-state index contributed by atoms with van der Waals surface area (Å²) in [4.78, 5) is 33.0. The molecular weight excluding hydrogens is 1760 g/mol. The summed E-state index contributed by atoms with van der Waals surface area (Å²) in [6.45, 7) is 0. The van der Waals surface area contributed by atoms with Crippen LogP contribution in [0.5, 0.6) is 0 Å². The molecule has 0 aliphatic heterocycles. The van der Waals surface area contributed by atoms with Crippen LogP contribution < -0.4 is 0 Å². The standard InChI is InChI=1S/C67H39N5O.C65H39N5O/c1-2-22-45(23-3-1)71-55-30-13-12-27-50(55)61-52(29-15-31-56(61)71)66-68-65(49-28-14-21-40-16-6-9-24-46(40)49)69-67(70-66)53-35-37-58(64-62(53)51-34-32-42-18-8-11-26-48(42)63(51)73-64)72-57-36-33-41-17-7-10-25-47(41)60(57)54-38-43-19-4-5-20-44(43)39-59(54)72;1-3-16-40(17-4-1)41-30-32-42(33-31-41)63-66-64(50-26-15-29-56-60(50)49-25-12-14-28-55(49)69(56)47-22-5-2-6-23-47)68-65(67-63)51-34-35-57(62-61(51)53-37-44-19-8-10-21-46(44)39-59(53)71-62)70-54-27-13-11-24-48(54)52-36-43-18-7-9-20-45(43)38-58(52)70/h1-39H;1-39H. The Morgan fingerprint density at radius 3 is 1.08 bits per heavy atom. The summed E-state index contributed by atoms with van der Waals surface area (Å²) in [5.74, 6) is 3.47. The van der Waals surface area contributed by atoms with Crippen molar-refractivity contribution in [3.05, 3.63) is 473 Å². The fourth-order valence-electron chi connectivity index (χ4n) is 23.0. The SMILES string of the molecule is c1ccc(-c2ccc(-c3nc(-c4ccc(-n5c6ccccc6c6cc7ccccc7cc65)c5oc6cc7ccccc7cc6c45)nc(-c4cccc5c4c4ccccc4n5-c4ccccc4)n3)cc2)cc1.c1ccc(-n2c3ccccc3c3c(-c4nc(-c5cccc6ccccc56)nc(-c5ccc(-n6c7cc8ccccc8cc7c7c8ccccc8ccc76)c6oc7c8ccccc8ccc7c56)n4)cccc32)cc1. The molecule has 144 heavy (non-hydrogen) atoms. The van der Waals surface area contributed by atoms with Gasteiger partial charge in [0.1, 0.15) is 11.2 Å². The van der Waals surface area contributed by atoms with Crippen LogP contribution >= 0.6 is 0 Å². The van der Waals surface area contributed by atoms with E-state index >= 15 is 0 Å². The van der Waals surface area contributed by atoms with Crippen LogP contribution in [0.4, 0.5) is 0 Å². The molecule has 8 aromatic heterocycles. The third kappa shape index (κ3) is 12.5. The molecule has 0 saturated heterocycles. The van der Waals surface area contributed by atoms with Gasteiger partial charge in [-0.25, -0.2) is 29.9 Å². The molecule has 0 bridgehead atoms. The van der Waals surface area contributed by atoms with Gasteiger partial charge in [0.15, 0.2) is 46.1 Å². The van der Waals surface area contributed by atoms with Crippen molar-refractivity contribution in [1.29, 1.82) is 0 Å². The maximum absolute atomic E-state index is 7.40. The van der Waals surface area contributed by atoms with E-state index in [2.05, 4.69) is 485 Å². The van der Waals surface area contributed by atoms with E-state index in [0.717, 1.165) is 209 Å². The fraction of sp³-hybridized carbons (Fsp3) is 0. The minimum atomic E-state index is 0.557. The number of fused-ring (bicyclic) bond motifs is 26. The predicted molar refractivity (Wildman–Crippen MR) is 595 cm³/mol. The fourth-order valence-corrected chi connectivity index (χ4v) is 23.0. The van der Waals surface area contributed by atoms with Crippen LogP contribution in [0.2, 0.25) is 0 Å². The second kappa shape index (κ2) is 32.0. The molecule has 31 aromatic rings. The Hall–Kier alpha value is -19.6. The van der Waals surface area contributed by atoms with Gasteiger partial charge in [0, 0.05) is 115 Å². The van der Waals surface area contributed by atoms with Crippen molar-refractivity contribution in [3.8, 4) is 102 Å². The topological polar surface area (TPSA) is 123 Å². The van der Waals surface area contributed by atoms with Crippen molar-refractivity contribution < 1.29 is 8.83 Å². The maximum atomic E-state index is 7.40.